The molecule has 3 aromatic rings. The molecule has 4 atom stereocenters. The Morgan fingerprint density at radius 1 is 1.11 bits per heavy atom. The molecule has 0 aromatic heterocycles. The monoisotopic (exact) mass is 683 g/mol. The number of aryl methyl sites for hydroxylation is 2. The predicted molar refractivity (Wildman–Crippen MR) is 190 cm³/mol. The van der Waals surface area contributed by atoms with Crippen LogP contribution in [0.2, 0.25) is 5.02 Å². The first kappa shape index (κ1) is 37.4. The summed E-state index contributed by atoms with van der Waals surface area (Å²) >= 11 is 8.52. The quantitative estimate of drug-likeness (QED) is 0.231. The van der Waals surface area contributed by atoms with Crippen LogP contribution in [0.15, 0.2) is 71.6 Å². The van der Waals surface area contributed by atoms with Crippen LogP contribution in [-0.2, 0) is 48.1 Å². The molecule has 0 radical (unpaired) electrons. The standard InChI is InChI=1S/C29H33ClOS.C7H13NO2S.CO2/c1-4-18-29(32-25-11-7-6-8-12-25)21(3)14-15-23-19-24(16-17-27(23)29)31-20-26-22(5-2)10-9-13-28(26)30;1-6(9)8-7-3-4-11(2,10)5-7;2-1-3/h6-13,16-17,19,21H,4-5,14-15,18,20H2,1-3H3;7H,2-5H2,1H3,(H,8,9);. The number of fused-ring (bicyclic) bond motifs is 1. The van der Waals surface area contributed by atoms with Gasteiger partial charge >= 0.3 is 6.15 Å². The van der Waals surface area contributed by atoms with E-state index in [0.29, 0.717) is 24.0 Å². The topological polar surface area (TPSA) is 89.5 Å². The van der Waals surface area contributed by atoms with Crippen LogP contribution in [0.1, 0.15) is 75.6 Å². The zero-order chi connectivity index (χ0) is 33.7. The molecule has 1 saturated heterocycles. The van der Waals surface area contributed by atoms with Crippen molar-refractivity contribution in [2.45, 2.75) is 88.5 Å². The van der Waals surface area contributed by atoms with Crippen molar-refractivity contribution in [1.29, 1.82) is 0 Å². The Balaban J connectivity index is 0.000000343. The minimum atomic E-state index is -1.86. The maximum Gasteiger partial charge on any atom is 0.373 e. The van der Waals surface area contributed by atoms with Crippen LogP contribution < -0.4 is 10.1 Å². The highest BCUT2D eigenvalue weighted by Gasteiger charge is 2.42. The number of carbonyl (C=O) groups is 1. The van der Waals surface area contributed by atoms with Crippen molar-refractivity contribution in [1.82, 2.24) is 5.32 Å². The molecule has 0 spiro atoms. The molecule has 1 amide bonds. The Hall–Kier alpha value is -3.03. The summed E-state index contributed by atoms with van der Waals surface area (Å²) in [7, 11) is -1.86. The Kier molecular flexibility index (Phi) is 14.5. The van der Waals surface area contributed by atoms with Crippen molar-refractivity contribution >= 4 is 50.8 Å². The van der Waals surface area contributed by atoms with E-state index in [2.05, 4.69) is 98.3 Å². The van der Waals surface area contributed by atoms with E-state index >= 15 is 0 Å². The fourth-order valence-electron chi connectivity index (χ4n) is 6.35. The molecule has 5 rings (SSSR count). The lowest BCUT2D eigenvalue weighted by Crippen LogP contribution is -2.35. The summed E-state index contributed by atoms with van der Waals surface area (Å²) in [5.41, 5.74) is 5.28. The molecule has 3 aromatic carbocycles. The fraction of sp³-hybridized carbons (Fsp3) is 0.432. The van der Waals surface area contributed by atoms with Crippen molar-refractivity contribution in [2.75, 3.05) is 11.5 Å². The number of rotatable bonds is 9. The van der Waals surface area contributed by atoms with Gasteiger partial charge in [0.05, 0.1) is 0 Å². The zero-order valence-electron chi connectivity index (χ0n) is 27.3. The molecule has 1 N–H and O–H groups in total. The van der Waals surface area contributed by atoms with E-state index in [1.54, 1.807) is 0 Å². The number of benzene rings is 3. The second-order valence-corrected chi connectivity index (χ2v) is 16.4. The van der Waals surface area contributed by atoms with Gasteiger partial charge in [0.1, 0.15) is 12.4 Å². The van der Waals surface area contributed by atoms with Gasteiger partial charge in [-0.3, -0.25) is 9.00 Å². The van der Waals surface area contributed by atoms with Crippen molar-refractivity contribution in [2.24, 2.45) is 5.92 Å². The van der Waals surface area contributed by atoms with Gasteiger partial charge in [-0.05, 0) is 100 Å². The van der Waals surface area contributed by atoms with E-state index in [-0.39, 0.29) is 22.8 Å². The highest BCUT2D eigenvalue weighted by Crippen LogP contribution is 2.55. The summed E-state index contributed by atoms with van der Waals surface area (Å²) in [6.45, 7) is 8.89. The highest BCUT2D eigenvalue weighted by atomic mass is 35.5. The van der Waals surface area contributed by atoms with Crippen LogP contribution in [0.25, 0.3) is 0 Å². The highest BCUT2D eigenvalue weighted by molar-refractivity contribution is 8.00. The first-order chi connectivity index (χ1) is 22.0. The van der Waals surface area contributed by atoms with Gasteiger partial charge in [-0.15, -0.1) is 11.8 Å². The number of hydrogen-bond acceptors (Lipinski definition) is 6. The molecule has 4 unspecified atom stereocenters. The molecular weight excluding hydrogens is 638 g/mol. The Morgan fingerprint density at radius 3 is 2.43 bits per heavy atom. The van der Waals surface area contributed by atoms with Gasteiger partial charge in [-0.1, -0.05) is 75.2 Å². The summed E-state index contributed by atoms with van der Waals surface area (Å²) in [5, 5.41) is 3.53. The molecule has 248 valence electrons. The summed E-state index contributed by atoms with van der Waals surface area (Å²) in [6.07, 6.45) is 6.69. The van der Waals surface area contributed by atoms with Gasteiger partial charge < -0.3 is 10.1 Å². The molecule has 2 aliphatic rings. The number of nitrogens with one attached hydrogen (secondary N) is 1. The summed E-state index contributed by atoms with van der Waals surface area (Å²) in [6, 6.07) is 23.9. The Labute approximate surface area is 284 Å². The van der Waals surface area contributed by atoms with Gasteiger partial charge in [0.15, 0.2) is 0 Å². The average molecular weight is 684 g/mol. The molecule has 0 bridgehead atoms. The van der Waals surface area contributed by atoms with Crippen LogP contribution in [0, 0.1) is 5.92 Å². The summed E-state index contributed by atoms with van der Waals surface area (Å²) < 4.78 is 17.7. The van der Waals surface area contributed by atoms with Crippen LogP contribution >= 0.6 is 23.4 Å². The van der Waals surface area contributed by atoms with Crippen molar-refractivity contribution in [3.8, 4) is 5.75 Å². The molecule has 1 heterocycles. The third-order valence-electron chi connectivity index (χ3n) is 8.57. The normalized spacial score (nSPS) is 23.0. The first-order valence-corrected chi connectivity index (χ1v) is 19.1. The lowest BCUT2D eigenvalue weighted by molar-refractivity contribution is -0.191. The van der Waals surface area contributed by atoms with Crippen molar-refractivity contribution in [3.05, 3.63) is 94.0 Å². The second kappa shape index (κ2) is 17.8. The first-order valence-electron chi connectivity index (χ1n) is 15.8. The average Bonchev–Trinajstić information content (AvgIpc) is 3.36. The second-order valence-electron chi connectivity index (χ2n) is 11.9. The minimum absolute atomic E-state index is 0.0490. The number of amides is 1. The zero-order valence-corrected chi connectivity index (χ0v) is 29.7. The third-order valence-corrected chi connectivity index (χ3v) is 12.6. The van der Waals surface area contributed by atoms with Crippen LogP contribution in [-0.4, -0.2) is 39.7 Å². The van der Waals surface area contributed by atoms with Gasteiger partial charge in [-0.25, -0.2) is 0 Å². The molecule has 1 aliphatic carbocycles. The maximum atomic E-state index is 11.3. The summed E-state index contributed by atoms with van der Waals surface area (Å²) in [5.74, 6) is 6.32. The van der Waals surface area contributed by atoms with Crippen LogP contribution in [0.4, 0.5) is 0 Å². The van der Waals surface area contributed by atoms with Crippen molar-refractivity contribution in [3.63, 3.8) is 0 Å². The van der Waals surface area contributed by atoms with E-state index in [9.17, 15) is 9.00 Å². The Bertz CT molecular complexity index is 1590. The van der Waals surface area contributed by atoms with E-state index in [4.69, 9.17) is 25.9 Å². The largest absolute Gasteiger partial charge is 0.489 e. The molecule has 1 aliphatic heterocycles. The Morgan fingerprint density at radius 2 is 1.83 bits per heavy atom. The lowest BCUT2D eigenvalue weighted by atomic mass is 9.73. The maximum absolute atomic E-state index is 11.3. The van der Waals surface area contributed by atoms with E-state index in [1.165, 1.54) is 47.8 Å². The van der Waals surface area contributed by atoms with Gasteiger partial charge in [-0.2, -0.15) is 9.59 Å². The van der Waals surface area contributed by atoms with Crippen LogP contribution in [0.3, 0.4) is 0 Å². The molecule has 1 fully saturated rings. The lowest BCUT2D eigenvalue weighted by Gasteiger charge is -2.44. The number of ether oxygens (including phenoxy) is 1. The smallest absolute Gasteiger partial charge is 0.373 e. The van der Waals surface area contributed by atoms with Crippen molar-refractivity contribution < 1.29 is 23.3 Å². The molecular formula is C37H46ClNO5S2. The molecule has 9 heteroatoms. The van der Waals surface area contributed by atoms with Crippen LogP contribution in [0.5, 0.6) is 5.75 Å². The van der Waals surface area contributed by atoms with E-state index in [1.807, 2.05) is 12.1 Å². The summed E-state index contributed by atoms with van der Waals surface area (Å²) in [4.78, 5) is 28.2. The number of carbonyl (C=O) groups excluding carboxylic acids is 3. The third kappa shape index (κ3) is 10.2. The predicted octanol–water partition coefficient (Wildman–Crippen LogP) is 7.88. The molecule has 6 nitrogen and oxygen atoms in total. The number of thioether (sulfide) groups is 1. The van der Waals surface area contributed by atoms with Gasteiger partial charge in [0, 0.05) is 44.7 Å². The SMILES string of the molecule is C=S1(=O)CCC(NC(C)=O)C1.CCCC1(Sc2ccccc2)c2ccc(OCc3c(Cl)cccc3CC)cc2CCC1C.O=C=O. The van der Waals surface area contributed by atoms with Gasteiger partial charge in [0.25, 0.3) is 0 Å². The van der Waals surface area contributed by atoms with E-state index < -0.39 is 9.52 Å². The van der Waals surface area contributed by atoms with Gasteiger partial charge in [0.2, 0.25) is 5.91 Å². The number of halogens is 1. The minimum Gasteiger partial charge on any atom is -0.489 e. The molecule has 0 saturated carbocycles. The fourth-order valence-corrected chi connectivity index (χ4v) is 10.1. The molecule has 46 heavy (non-hydrogen) atoms. The van der Waals surface area contributed by atoms with E-state index in [0.717, 1.165) is 35.6 Å². The number of hydrogen-bond donors (Lipinski definition) is 1.